The molecule has 0 amide bonds. The molecule has 0 spiro atoms. The predicted octanol–water partition coefficient (Wildman–Crippen LogP) is 1.56. The second kappa shape index (κ2) is 4.70. The van der Waals surface area contributed by atoms with Gasteiger partial charge in [0.1, 0.15) is 12.2 Å². The zero-order valence-corrected chi connectivity index (χ0v) is 11.8. The van der Waals surface area contributed by atoms with Crippen LogP contribution >= 0.6 is 0 Å². The molecule has 0 aromatic carbocycles. The minimum Gasteiger partial charge on any atom is -0.313 e. The average molecular weight is 272 g/mol. The fraction of sp³-hybridized carbons (Fsp3) is 0.643. The lowest BCUT2D eigenvalue weighted by molar-refractivity contribution is 0.298. The Morgan fingerprint density at radius 2 is 2.15 bits per heavy atom. The first-order valence-corrected chi connectivity index (χ1v) is 7.41. The van der Waals surface area contributed by atoms with Crippen molar-refractivity contribution < 1.29 is 0 Å². The van der Waals surface area contributed by atoms with Gasteiger partial charge in [0.15, 0.2) is 0 Å². The predicted molar refractivity (Wildman–Crippen MR) is 74.2 cm³/mol. The molecule has 3 heterocycles. The Labute approximate surface area is 118 Å². The minimum absolute atomic E-state index is 0.501. The molecular formula is C14H20N6. The Morgan fingerprint density at radius 3 is 2.90 bits per heavy atom. The van der Waals surface area contributed by atoms with Gasteiger partial charge in [0.2, 0.25) is 0 Å². The van der Waals surface area contributed by atoms with Crippen LogP contribution in [0.5, 0.6) is 0 Å². The minimum atomic E-state index is 0.501. The van der Waals surface area contributed by atoms with Crippen molar-refractivity contribution in [2.45, 2.75) is 44.8 Å². The van der Waals surface area contributed by atoms with E-state index in [1.54, 1.807) is 0 Å². The molecule has 20 heavy (non-hydrogen) atoms. The molecule has 1 atom stereocenters. The quantitative estimate of drug-likeness (QED) is 0.847. The molecule has 2 aromatic heterocycles. The largest absolute Gasteiger partial charge is 0.313 e. The fourth-order valence-corrected chi connectivity index (χ4v) is 3.04. The van der Waals surface area contributed by atoms with Gasteiger partial charge in [-0.25, -0.2) is 0 Å². The van der Waals surface area contributed by atoms with Crippen LogP contribution in [-0.2, 0) is 6.54 Å². The summed E-state index contributed by atoms with van der Waals surface area (Å²) < 4.78 is 4.37. The van der Waals surface area contributed by atoms with Crippen molar-refractivity contribution >= 4 is 0 Å². The lowest BCUT2D eigenvalue weighted by Gasteiger charge is -2.16. The summed E-state index contributed by atoms with van der Waals surface area (Å²) in [5, 5.41) is 12.8. The summed E-state index contributed by atoms with van der Waals surface area (Å²) in [7, 11) is 0. The van der Waals surface area contributed by atoms with Crippen LogP contribution in [0.15, 0.2) is 18.7 Å². The lowest BCUT2D eigenvalue weighted by atomic mass is 10.3. The maximum absolute atomic E-state index is 4.44. The second-order valence-corrected chi connectivity index (χ2v) is 6.06. The van der Waals surface area contributed by atoms with Gasteiger partial charge in [0.25, 0.3) is 0 Å². The average Bonchev–Trinajstić information content (AvgIpc) is 2.87. The first-order chi connectivity index (χ1) is 9.79. The Bertz CT molecular complexity index is 596. The molecule has 106 valence electrons. The highest BCUT2D eigenvalue weighted by Gasteiger charge is 2.29. The van der Waals surface area contributed by atoms with Crippen LogP contribution in [0.2, 0.25) is 0 Å². The molecule has 4 rings (SSSR count). The van der Waals surface area contributed by atoms with E-state index in [0.29, 0.717) is 12.1 Å². The summed E-state index contributed by atoms with van der Waals surface area (Å²) in [5.74, 6) is 1.12. The van der Waals surface area contributed by atoms with Crippen LogP contribution < -0.4 is 0 Å². The van der Waals surface area contributed by atoms with Crippen LogP contribution in [0.1, 0.15) is 42.7 Å². The van der Waals surface area contributed by atoms with E-state index < -0.39 is 0 Å². The Hall–Kier alpha value is -1.69. The number of hydrogen-bond donors (Lipinski definition) is 0. The maximum Gasteiger partial charge on any atom is 0.147 e. The van der Waals surface area contributed by atoms with E-state index in [0.717, 1.165) is 25.5 Å². The highest BCUT2D eigenvalue weighted by atomic mass is 15.3. The van der Waals surface area contributed by atoms with E-state index in [2.05, 4.69) is 42.6 Å². The van der Waals surface area contributed by atoms with Gasteiger partial charge >= 0.3 is 0 Å². The van der Waals surface area contributed by atoms with Gasteiger partial charge in [-0.2, -0.15) is 5.10 Å². The molecule has 0 radical (unpaired) electrons. The van der Waals surface area contributed by atoms with Gasteiger partial charge in [-0.3, -0.25) is 9.58 Å². The number of likely N-dealkylation sites (tertiary alicyclic amines) is 1. The van der Waals surface area contributed by atoms with Gasteiger partial charge in [0.05, 0.1) is 18.8 Å². The summed E-state index contributed by atoms with van der Waals surface area (Å²) >= 11 is 0. The van der Waals surface area contributed by atoms with E-state index in [-0.39, 0.29) is 0 Å². The molecule has 6 heteroatoms. The second-order valence-electron chi connectivity index (χ2n) is 6.06. The smallest absolute Gasteiger partial charge is 0.147 e. The van der Waals surface area contributed by atoms with Crippen molar-refractivity contribution in [2.75, 3.05) is 13.1 Å². The molecule has 0 bridgehead atoms. The highest BCUT2D eigenvalue weighted by Crippen LogP contribution is 2.35. The fourth-order valence-electron chi connectivity index (χ4n) is 3.04. The summed E-state index contributed by atoms with van der Waals surface area (Å²) in [6.07, 6.45) is 9.68. The SMILES string of the molecule is Cc1cnn(C2CCN(Cc3nncn3C3CC3)C2)c1. The standard InChI is InChI=1S/C14H20N6/c1-11-6-16-20(7-11)13-4-5-18(8-13)9-14-17-15-10-19(14)12-2-3-12/h6-7,10,12-13H,2-5,8-9H2,1H3. The van der Waals surface area contributed by atoms with Crippen LogP contribution in [0.4, 0.5) is 0 Å². The van der Waals surface area contributed by atoms with Crippen molar-refractivity contribution in [1.82, 2.24) is 29.4 Å². The van der Waals surface area contributed by atoms with Gasteiger partial charge in [0, 0.05) is 25.3 Å². The third kappa shape index (κ3) is 2.24. The Balaban J connectivity index is 1.42. The van der Waals surface area contributed by atoms with E-state index in [1.165, 1.54) is 24.8 Å². The molecule has 1 unspecified atom stereocenters. The lowest BCUT2D eigenvalue weighted by Crippen LogP contribution is -2.23. The molecule has 1 saturated carbocycles. The van der Waals surface area contributed by atoms with Crippen molar-refractivity contribution in [3.63, 3.8) is 0 Å². The third-order valence-electron chi connectivity index (χ3n) is 4.30. The number of hydrogen-bond acceptors (Lipinski definition) is 4. The van der Waals surface area contributed by atoms with Crippen molar-refractivity contribution in [3.05, 3.63) is 30.1 Å². The van der Waals surface area contributed by atoms with Crippen LogP contribution in [0.25, 0.3) is 0 Å². The van der Waals surface area contributed by atoms with Crippen LogP contribution in [0.3, 0.4) is 0 Å². The number of rotatable bonds is 4. The highest BCUT2D eigenvalue weighted by molar-refractivity contribution is 5.02. The molecule has 0 N–H and O–H groups in total. The molecule has 1 aliphatic heterocycles. The molecule has 1 aliphatic carbocycles. The van der Waals surface area contributed by atoms with Gasteiger partial charge in [-0.15, -0.1) is 10.2 Å². The molecule has 2 aromatic rings. The zero-order chi connectivity index (χ0) is 13.5. The molecule has 6 nitrogen and oxygen atoms in total. The third-order valence-corrected chi connectivity index (χ3v) is 4.30. The van der Waals surface area contributed by atoms with Crippen molar-refractivity contribution in [1.29, 1.82) is 0 Å². The van der Waals surface area contributed by atoms with E-state index >= 15 is 0 Å². The van der Waals surface area contributed by atoms with Gasteiger partial charge in [-0.05, 0) is 31.7 Å². The number of aromatic nitrogens is 5. The summed E-state index contributed by atoms with van der Waals surface area (Å²) in [6, 6.07) is 1.16. The van der Waals surface area contributed by atoms with Crippen molar-refractivity contribution in [3.8, 4) is 0 Å². The van der Waals surface area contributed by atoms with Gasteiger partial charge < -0.3 is 4.57 Å². The topological polar surface area (TPSA) is 51.8 Å². The Kier molecular flexibility index (Phi) is 2.84. The van der Waals surface area contributed by atoms with Crippen LogP contribution in [-0.4, -0.2) is 42.5 Å². The van der Waals surface area contributed by atoms with E-state index in [4.69, 9.17) is 0 Å². The van der Waals surface area contributed by atoms with Gasteiger partial charge in [-0.1, -0.05) is 0 Å². The zero-order valence-electron chi connectivity index (χ0n) is 11.8. The first kappa shape index (κ1) is 12.1. The van der Waals surface area contributed by atoms with E-state index in [9.17, 15) is 0 Å². The summed E-state index contributed by atoms with van der Waals surface area (Å²) in [6.45, 7) is 5.17. The monoisotopic (exact) mass is 272 g/mol. The number of nitrogens with zero attached hydrogens (tertiary/aromatic N) is 6. The Morgan fingerprint density at radius 1 is 1.25 bits per heavy atom. The maximum atomic E-state index is 4.44. The molecule has 1 saturated heterocycles. The molecular weight excluding hydrogens is 252 g/mol. The van der Waals surface area contributed by atoms with E-state index in [1.807, 2.05) is 12.5 Å². The normalized spacial score (nSPS) is 23.6. The molecule has 2 aliphatic rings. The summed E-state index contributed by atoms with van der Waals surface area (Å²) in [4.78, 5) is 2.46. The van der Waals surface area contributed by atoms with Crippen LogP contribution in [0, 0.1) is 6.92 Å². The number of aryl methyl sites for hydroxylation is 1. The first-order valence-electron chi connectivity index (χ1n) is 7.41. The molecule has 2 fully saturated rings. The van der Waals surface area contributed by atoms with Crippen molar-refractivity contribution in [2.24, 2.45) is 0 Å². The summed E-state index contributed by atoms with van der Waals surface area (Å²) in [5.41, 5.74) is 1.23.